The van der Waals surface area contributed by atoms with Crippen LogP contribution in [0.3, 0.4) is 0 Å². The van der Waals surface area contributed by atoms with E-state index in [2.05, 4.69) is 19.2 Å². The maximum absolute atomic E-state index is 11.0. The molecule has 0 aromatic heterocycles. The lowest BCUT2D eigenvalue weighted by Gasteiger charge is -2.12. The smallest absolute Gasteiger partial charge is 0.336 e. The monoisotopic (exact) mass is 190 g/mol. The van der Waals surface area contributed by atoms with Crippen LogP contribution in [0.5, 0.6) is 0 Å². The van der Waals surface area contributed by atoms with Gasteiger partial charge in [-0.25, -0.2) is 4.79 Å². The molecular weight excluding hydrogens is 176 g/mol. The number of hydrogen-bond acceptors (Lipinski definition) is 4. The SMILES string of the molecule is C=CCOC(CS)C(=O)OCC. The highest BCUT2D eigenvalue weighted by atomic mass is 32.1. The second-order valence-corrected chi connectivity index (χ2v) is 2.41. The van der Waals surface area contributed by atoms with Crippen molar-refractivity contribution in [2.75, 3.05) is 19.0 Å². The average molecular weight is 190 g/mol. The number of carbonyl (C=O) groups is 1. The van der Waals surface area contributed by atoms with Gasteiger partial charge in [0.2, 0.25) is 0 Å². The Morgan fingerprint density at radius 2 is 2.42 bits per heavy atom. The summed E-state index contributed by atoms with van der Waals surface area (Å²) in [4.78, 5) is 11.0. The Bertz CT molecular complexity index is 147. The van der Waals surface area contributed by atoms with Crippen LogP contribution in [0.15, 0.2) is 12.7 Å². The van der Waals surface area contributed by atoms with Crippen molar-refractivity contribution in [1.82, 2.24) is 0 Å². The predicted octanol–water partition coefficient (Wildman–Crippen LogP) is 1.05. The maximum atomic E-state index is 11.0. The van der Waals surface area contributed by atoms with E-state index in [1.54, 1.807) is 13.0 Å². The Balaban J connectivity index is 3.78. The molecule has 0 amide bonds. The number of ether oxygens (including phenoxy) is 2. The van der Waals surface area contributed by atoms with Crippen molar-refractivity contribution in [2.45, 2.75) is 13.0 Å². The molecule has 0 aliphatic heterocycles. The summed E-state index contributed by atoms with van der Waals surface area (Å²) in [6.07, 6.45) is 1.00. The van der Waals surface area contributed by atoms with Gasteiger partial charge in [0.25, 0.3) is 0 Å². The van der Waals surface area contributed by atoms with E-state index in [1.165, 1.54) is 0 Å². The topological polar surface area (TPSA) is 35.5 Å². The third-order valence-electron chi connectivity index (χ3n) is 1.13. The Morgan fingerprint density at radius 1 is 1.75 bits per heavy atom. The van der Waals surface area contributed by atoms with Crippen molar-refractivity contribution in [3.05, 3.63) is 12.7 Å². The summed E-state index contributed by atoms with van der Waals surface area (Å²) in [7, 11) is 0. The van der Waals surface area contributed by atoms with Crippen molar-refractivity contribution in [3.63, 3.8) is 0 Å². The molecule has 0 aromatic rings. The third kappa shape index (κ3) is 4.41. The summed E-state index contributed by atoms with van der Waals surface area (Å²) >= 11 is 3.96. The van der Waals surface area contributed by atoms with Gasteiger partial charge in [-0.15, -0.1) is 6.58 Å². The van der Waals surface area contributed by atoms with Gasteiger partial charge >= 0.3 is 5.97 Å². The molecule has 4 heteroatoms. The average Bonchev–Trinajstić information content (AvgIpc) is 2.06. The van der Waals surface area contributed by atoms with Crippen LogP contribution < -0.4 is 0 Å². The van der Waals surface area contributed by atoms with Crippen molar-refractivity contribution in [1.29, 1.82) is 0 Å². The van der Waals surface area contributed by atoms with Crippen LogP contribution in [0.25, 0.3) is 0 Å². The lowest BCUT2D eigenvalue weighted by molar-refractivity contribution is -0.154. The molecule has 70 valence electrons. The highest BCUT2D eigenvalue weighted by Gasteiger charge is 2.17. The third-order valence-corrected chi connectivity index (χ3v) is 1.46. The van der Waals surface area contributed by atoms with E-state index in [9.17, 15) is 4.79 Å². The van der Waals surface area contributed by atoms with Gasteiger partial charge < -0.3 is 9.47 Å². The molecule has 0 spiro atoms. The lowest BCUT2D eigenvalue weighted by Crippen LogP contribution is -2.28. The summed E-state index contributed by atoms with van der Waals surface area (Å²) in [5.41, 5.74) is 0. The molecule has 1 atom stereocenters. The van der Waals surface area contributed by atoms with Crippen LogP contribution in [-0.2, 0) is 14.3 Å². The fourth-order valence-electron chi connectivity index (χ4n) is 0.615. The van der Waals surface area contributed by atoms with Gasteiger partial charge in [-0.1, -0.05) is 6.08 Å². The first-order chi connectivity index (χ1) is 5.76. The minimum absolute atomic E-state index is 0.326. The molecule has 1 unspecified atom stereocenters. The molecule has 0 bridgehead atoms. The number of carbonyl (C=O) groups excluding carboxylic acids is 1. The quantitative estimate of drug-likeness (QED) is 0.386. The number of hydrogen-bond donors (Lipinski definition) is 1. The molecule has 0 saturated carbocycles. The molecule has 3 nitrogen and oxygen atoms in total. The van der Waals surface area contributed by atoms with Crippen LogP contribution in [0.4, 0.5) is 0 Å². The summed E-state index contributed by atoms with van der Waals surface area (Å²) in [5.74, 6) is -0.0403. The molecule has 0 heterocycles. The van der Waals surface area contributed by atoms with Gasteiger partial charge in [-0.3, -0.25) is 0 Å². The van der Waals surface area contributed by atoms with E-state index in [4.69, 9.17) is 9.47 Å². The van der Waals surface area contributed by atoms with Gasteiger partial charge in [0.15, 0.2) is 6.10 Å². The van der Waals surface area contributed by atoms with Crippen molar-refractivity contribution < 1.29 is 14.3 Å². The molecule has 0 aliphatic carbocycles. The zero-order chi connectivity index (χ0) is 9.40. The Morgan fingerprint density at radius 3 is 2.83 bits per heavy atom. The standard InChI is InChI=1S/C8H14O3S/c1-3-5-11-7(6-12)8(9)10-4-2/h3,7,12H,1,4-6H2,2H3. The van der Waals surface area contributed by atoms with Crippen molar-refractivity contribution in [3.8, 4) is 0 Å². The van der Waals surface area contributed by atoms with E-state index >= 15 is 0 Å². The lowest BCUT2D eigenvalue weighted by atomic mass is 10.4. The second-order valence-electron chi connectivity index (χ2n) is 2.05. The van der Waals surface area contributed by atoms with Gasteiger partial charge in [0.05, 0.1) is 13.2 Å². The number of thiol groups is 1. The summed E-state index contributed by atoms with van der Waals surface area (Å²) in [6, 6.07) is 0. The second kappa shape index (κ2) is 7.18. The first kappa shape index (κ1) is 11.5. The molecule has 0 aromatic carbocycles. The van der Waals surface area contributed by atoms with E-state index in [0.29, 0.717) is 19.0 Å². The Kier molecular flexibility index (Phi) is 6.90. The molecule has 0 saturated heterocycles. The van der Waals surface area contributed by atoms with E-state index in [0.717, 1.165) is 0 Å². The zero-order valence-corrected chi connectivity index (χ0v) is 8.05. The van der Waals surface area contributed by atoms with Gasteiger partial charge in [-0.05, 0) is 6.92 Å². The zero-order valence-electron chi connectivity index (χ0n) is 7.16. The fourth-order valence-corrected chi connectivity index (χ4v) is 0.869. The van der Waals surface area contributed by atoms with E-state index < -0.39 is 6.10 Å². The Hall–Kier alpha value is -0.480. The summed E-state index contributed by atoms with van der Waals surface area (Å²) < 4.78 is 9.83. The fraction of sp³-hybridized carbons (Fsp3) is 0.625. The minimum atomic E-state index is -0.578. The number of esters is 1. The van der Waals surface area contributed by atoms with Crippen LogP contribution in [-0.4, -0.2) is 31.0 Å². The maximum Gasteiger partial charge on any atom is 0.336 e. The Labute approximate surface area is 78.1 Å². The van der Waals surface area contributed by atoms with Crippen LogP contribution in [0.2, 0.25) is 0 Å². The van der Waals surface area contributed by atoms with Crippen LogP contribution in [0.1, 0.15) is 6.92 Å². The van der Waals surface area contributed by atoms with E-state index in [-0.39, 0.29) is 5.97 Å². The van der Waals surface area contributed by atoms with Crippen LogP contribution in [0, 0.1) is 0 Å². The van der Waals surface area contributed by atoms with Crippen LogP contribution >= 0.6 is 12.6 Å². The highest BCUT2D eigenvalue weighted by molar-refractivity contribution is 7.80. The molecule has 0 rings (SSSR count). The minimum Gasteiger partial charge on any atom is -0.464 e. The molecule has 0 aliphatic rings. The molecule has 0 N–H and O–H groups in total. The first-order valence-corrected chi connectivity index (χ1v) is 4.39. The summed E-state index contributed by atoms with van der Waals surface area (Å²) in [5, 5.41) is 0. The highest BCUT2D eigenvalue weighted by Crippen LogP contribution is 1.98. The normalized spacial score (nSPS) is 12.2. The molecule has 0 fully saturated rings. The van der Waals surface area contributed by atoms with Gasteiger partial charge in [0, 0.05) is 5.75 Å². The predicted molar refractivity (Wildman–Crippen MR) is 50.4 cm³/mol. The van der Waals surface area contributed by atoms with Gasteiger partial charge in [0.1, 0.15) is 0 Å². The first-order valence-electron chi connectivity index (χ1n) is 3.76. The summed E-state index contributed by atoms with van der Waals surface area (Å²) in [6.45, 7) is 5.92. The molecule has 0 radical (unpaired) electrons. The van der Waals surface area contributed by atoms with Crippen molar-refractivity contribution >= 4 is 18.6 Å². The number of rotatable bonds is 6. The van der Waals surface area contributed by atoms with Crippen molar-refractivity contribution in [2.24, 2.45) is 0 Å². The largest absolute Gasteiger partial charge is 0.464 e. The molecular formula is C8H14O3S. The van der Waals surface area contributed by atoms with Gasteiger partial charge in [-0.2, -0.15) is 12.6 Å². The molecule has 12 heavy (non-hydrogen) atoms. The van der Waals surface area contributed by atoms with E-state index in [1.807, 2.05) is 0 Å².